The van der Waals surface area contributed by atoms with Gasteiger partial charge in [0.05, 0.1) is 0 Å². The molecule has 0 amide bonds. The fraction of sp³-hybridized carbons (Fsp3) is 0.500. The van der Waals surface area contributed by atoms with Crippen LogP contribution in [0.2, 0.25) is 0 Å². The van der Waals surface area contributed by atoms with Gasteiger partial charge in [0.25, 0.3) is 0 Å². The number of hydrogen-bond donors (Lipinski definition) is 2. The number of benzene rings is 1. The van der Waals surface area contributed by atoms with E-state index < -0.39 is 0 Å². The van der Waals surface area contributed by atoms with Gasteiger partial charge < -0.3 is 15.2 Å². The van der Waals surface area contributed by atoms with Crippen molar-refractivity contribution in [3.05, 3.63) is 30.6 Å². The van der Waals surface area contributed by atoms with Crippen molar-refractivity contribution in [2.24, 2.45) is 7.05 Å². The predicted molar refractivity (Wildman–Crippen MR) is 85.2 cm³/mol. The summed E-state index contributed by atoms with van der Waals surface area (Å²) >= 11 is 0. The SMILES string of the molecule is CC(CC1CCCN1)Nc1ccc(-c2nncn2C)cc1. The summed E-state index contributed by atoms with van der Waals surface area (Å²) in [6, 6.07) is 9.55. The molecular weight excluding hydrogens is 262 g/mol. The van der Waals surface area contributed by atoms with Crippen molar-refractivity contribution >= 4 is 5.69 Å². The van der Waals surface area contributed by atoms with Crippen LogP contribution >= 0.6 is 0 Å². The van der Waals surface area contributed by atoms with E-state index in [0.717, 1.165) is 17.1 Å². The highest BCUT2D eigenvalue weighted by atomic mass is 15.2. The number of rotatable bonds is 5. The van der Waals surface area contributed by atoms with Gasteiger partial charge in [-0.3, -0.25) is 0 Å². The number of aromatic nitrogens is 3. The van der Waals surface area contributed by atoms with Crippen LogP contribution in [-0.4, -0.2) is 33.4 Å². The lowest BCUT2D eigenvalue weighted by Gasteiger charge is -2.19. The fourth-order valence-corrected chi connectivity index (χ4v) is 2.99. The maximum Gasteiger partial charge on any atom is 0.163 e. The molecule has 1 aromatic heterocycles. The van der Waals surface area contributed by atoms with Gasteiger partial charge in [-0.25, -0.2) is 0 Å². The molecule has 0 spiro atoms. The molecule has 2 aromatic rings. The Morgan fingerprint density at radius 1 is 1.38 bits per heavy atom. The molecule has 2 heterocycles. The second kappa shape index (κ2) is 6.26. The fourth-order valence-electron chi connectivity index (χ4n) is 2.99. The molecule has 5 nitrogen and oxygen atoms in total. The maximum atomic E-state index is 4.13. The van der Waals surface area contributed by atoms with Crippen LogP contribution in [0.1, 0.15) is 26.2 Å². The standard InChI is InChI=1S/C16H23N5/c1-12(10-15-4-3-9-17-15)19-14-7-5-13(6-8-14)16-20-18-11-21(16)2/h5-8,11-12,15,17,19H,3-4,9-10H2,1-2H3. The third-order valence-corrected chi connectivity index (χ3v) is 4.07. The summed E-state index contributed by atoms with van der Waals surface area (Å²) in [6.45, 7) is 3.42. The molecule has 0 aliphatic carbocycles. The molecule has 1 fully saturated rings. The van der Waals surface area contributed by atoms with Gasteiger partial charge in [0.1, 0.15) is 6.33 Å². The van der Waals surface area contributed by atoms with E-state index in [1.807, 2.05) is 11.6 Å². The summed E-state index contributed by atoms with van der Waals surface area (Å²) in [6.07, 6.45) is 5.50. The molecular formula is C16H23N5. The lowest BCUT2D eigenvalue weighted by Crippen LogP contribution is -2.29. The van der Waals surface area contributed by atoms with Gasteiger partial charge in [-0.2, -0.15) is 0 Å². The van der Waals surface area contributed by atoms with Crippen LogP contribution in [-0.2, 0) is 7.05 Å². The molecule has 1 saturated heterocycles. The summed E-state index contributed by atoms with van der Waals surface area (Å²) in [5.41, 5.74) is 2.25. The monoisotopic (exact) mass is 285 g/mol. The third-order valence-electron chi connectivity index (χ3n) is 4.07. The van der Waals surface area contributed by atoms with E-state index in [9.17, 15) is 0 Å². The van der Waals surface area contributed by atoms with Gasteiger partial charge in [0, 0.05) is 30.4 Å². The Bertz CT molecular complexity index is 569. The van der Waals surface area contributed by atoms with Crippen molar-refractivity contribution in [2.75, 3.05) is 11.9 Å². The first-order valence-electron chi connectivity index (χ1n) is 7.67. The number of aryl methyl sites for hydroxylation is 1. The number of nitrogens with one attached hydrogen (secondary N) is 2. The largest absolute Gasteiger partial charge is 0.383 e. The minimum absolute atomic E-state index is 0.473. The first kappa shape index (κ1) is 14.1. The van der Waals surface area contributed by atoms with Crippen molar-refractivity contribution in [3.63, 3.8) is 0 Å². The molecule has 0 saturated carbocycles. The Labute approximate surface area is 125 Å². The first-order valence-corrected chi connectivity index (χ1v) is 7.67. The van der Waals surface area contributed by atoms with E-state index in [0.29, 0.717) is 12.1 Å². The Hall–Kier alpha value is -1.88. The molecule has 3 rings (SSSR count). The van der Waals surface area contributed by atoms with Crippen LogP contribution in [0.25, 0.3) is 11.4 Å². The summed E-state index contributed by atoms with van der Waals surface area (Å²) in [5, 5.41) is 15.2. The Balaban J connectivity index is 1.60. The predicted octanol–water partition coefficient (Wildman–Crippen LogP) is 2.42. The molecule has 0 radical (unpaired) electrons. The van der Waals surface area contributed by atoms with Crippen LogP contribution in [0.3, 0.4) is 0 Å². The average Bonchev–Trinajstić information content (AvgIpc) is 3.11. The van der Waals surface area contributed by atoms with Crippen LogP contribution in [0, 0.1) is 0 Å². The van der Waals surface area contributed by atoms with Crippen molar-refractivity contribution in [1.82, 2.24) is 20.1 Å². The van der Waals surface area contributed by atoms with Crippen molar-refractivity contribution in [2.45, 2.75) is 38.3 Å². The average molecular weight is 285 g/mol. The molecule has 112 valence electrons. The summed E-state index contributed by atoms with van der Waals surface area (Å²) in [7, 11) is 1.96. The highest BCUT2D eigenvalue weighted by Crippen LogP contribution is 2.20. The van der Waals surface area contributed by atoms with Gasteiger partial charge in [0.2, 0.25) is 0 Å². The summed E-state index contributed by atoms with van der Waals surface area (Å²) in [5.74, 6) is 0.893. The van der Waals surface area contributed by atoms with Crippen LogP contribution < -0.4 is 10.6 Å². The van der Waals surface area contributed by atoms with Crippen molar-refractivity contribution in [3.8, 4) is 11.4 Å². The lowest BCUT2D eigenvalue weighted by molar-refractivity contribution is 0.523. The molecule has 21 heavy (non-hydrogen) atoms. The van der Waals surface area contributed by atoms with Crippen LogP contribution in [0.5, 0.6) is 0 Å². The zero-order valence-electron chi connectivity index (χ0n) is 12.7. The first-order chi connectivity index (χ1) is 10.2. The molecule has 1 aliphatic heterocycles. The molecule has 2 unspecified atom stereocenters. The minimum atomic E-state index is 0.473. The normalized spacial score (nSPS) is 19.6. The number of nitrogens with zero attached hydrogens (tertiary/aromatic N) is 3. The Morgan fingerprint density at radius 3 is 2.81 bits per heavy atom. The molecule has 2 atom stereocenters. The van der Waals surface area contributed by atoms with Crippen LogP contribution in [0.4, 0.5) is 5.69 Å². The molecule has 5 heteroatoms. The van der Waals surface area contributed by atoms with E-state index in [1.165, 1.54) is 25.8 Å². The minimum Gasteiger partial charge on any atom is -0.383 e. The Morgan fingerprint density at radius 2 is 2.19 bits per heavy atom. The second-order valence-corrected chi connectivity index (χ2v) is 5.92. The van der Waals surface area contributed by atoms with Gasteiger partial charge in [-0.05, 0) is 57.0 Å². The lowest BCUT2D eigenvalue weighted by atomic mass is 10.1. The van der Waals surface area contributed by atoms with Gasteiger partial charge in [-0.15, -0.1) is 10.2 Å². The molecule has 1 aromatic carbocycles. The maximum absolute atomic E-state index is 4.13. The second-order valence-electron chi connectivity index (χ2n) is 5.92. The van der Waals surface area contributed by atoms with Gasteiger partial charge in [-0.1, -0.05) is 0 Å². The van der Waals surface area contributed by atoms with Gasteiger partial charge >= 0.3 is 0 Å². The highest BCUT2D eigenvalue weighted by molar-refractivity contribution is 5.59. The van der Waals surface area contributed by atoms with Crippen LogP contribution in [0.15, 0.2) is 30.6 Å². The third kappa shape index (κ3) is 3.42. The quantitative estimate of drug-likeness (QED) is 0.886. The molecule has 1 aliphatic rings. The highest BCUT2D eigenvalue weighted by Gasteiger charge is 2.16. The van der Waals surface area contributed by atoms with E-state index >= 15 is 0 Å². The zero-order valence-corrected chi connectivity index (χ0v) is 12.7. The topological polar surface area (TPSA) is 54.8 Å². The van der Waals surface area contributed by atoms with E-state index in [2.05, 4.69) is 52.0 Å². The molecule has 2 N–H and O–H groups in total. The Kier molecular flexibility index (Phi) is 4.20. The van der Waals surface area contributed by atoms with Crippen molar-refractivity contribution < 1.29 is 0 Å². The molecule has 0 bridgehead atoms. The number of anilines is 1. The smallest absolute Gasteiger partial charge is 0.163 e. The van der Waals surface area contributed by atoms with E-state index in [-0.39, 0.29) is 0 Å². The van der Waals surface area contributed by atoms with E-state index in [1.54, 1.807) is 6.33 Å². The zero-order chi connectivity index (χ0) is 14.7. The summed E-state index contributed by atoms with van der Waals surface area (Å²) < 4.78 is 1.93. The van der Waals surface area contributed by atoms with Gasteiger partial charge in [0.15, 0.2) is 5.82 Å². The van der Waals surface area contributed by atoms with Crippen molar-refractivity contribution in [1.29, 1.82) is 0 Å². The summed E-state index contributed by atoms with van der Waals surface area (Å²) in [4.78, 5) is 0. The van der Waals surface area contributed by atoms with E-state index in [4.69, 9.17) is 0 Å². The number of hydrogen-bond acceptors (Lipinski definition) is 4.